The van der Waals surface area contributed by atoms with Crippen molar-refractivity contribution in [2.75, 3.05) is 33.5 Å². The van der Waals surface area contributed by atoms with E-state index in [9.17, 15) is 0 Å². The molecule has 0 aliphatic carbocycles. The van der Waals surface area contributed by atoms with E-state index in [0.717, 1.165) is 31.0 Å². The Hall–Kier alpha value is -0.720. The van der Waals surface area contributed by atoms with E-state index in [1.807, 2.05) is 16.4 Å². The van der Waals surface area contributed by atoms with E-state index in [1.165, 1.54) is 12.2 Å². The first-order chi connectivity index (χ1) is 9.48. The van der Waals surface area contributed by atoms with E-state index in [-0.39, 0.29) is 10.8 Å². The summed E-state index contributed by atoms with van der Waals surface area (Å²) in [6.45, 7) is 4.03. The zero-order valence-corrected chi connectivity index (χ0v) is 13.7. The maximum absolute atomic E-state index is 6.59. The maximum atomic E-state index is 6.59. The van der Waals surface area contributed by atoms with E-state index >= 15 is 0 Å². The quantitative estimate of drug-likeness (QED) is 0.867. The Bertz CT molecular complexity index is 440. The fraction of sp³-hybridized carbons (Fsp3) is 0.786. The number of thioether (sulfide) groups is 1. The predicted octanol–water partition coefficient (Wildman–Crippen LogP) is 1.74. The van der Waals surface area contributed by atoms with E-state index in [1.54, 1.807) is 13.3 Å². The molecule has 0 radical (unpaired) electrons. The Morgan fingerprint density at radius 3 is 2.90 bits per heavy atom. The molecule has 1 aliphatic heterocycles. The van der Waals surface area contributed by atoms with Crippen molar-refractivity contribution in [1.29, 1.82) is 0 Å². The summed E-state index contributed by atoms with van der Waals surface area (Å²) in [6, 6.07) is -0.0467. The summed E-state index contributed by atoms with van der Waals surface area (Å²) >= 11 is 1.97. The molecule has 1 aliphatic rings. The van der Waals surface area contributed by atoms with Crippen LogP contribution in [0.5, 0.6) is 5.75 Å². The average molecular weight is 298 g/mol. The molecule has 20 heavy (non-hydrogen) atoms. The third-order valence-electron chi connectivity index (χ3n) is 4.03. The molecular formula is C14H26N4OS. The molecule has 2 unspecified atom stereocenters. The largest absolute Gasteiger partial charge is 0.493 e. The topological polar surface area (TPSA) is 56.3 Å². The molecule has 0 aromatic carbocycles. The zero-order valence-electron chi connectivity index (χ0n) is 12.9. The van der Waals surface area contributed by atoms with Crippen LogP contribution in [0, 0.1) is 0 Å². The molecule has 2 heterocycles. The molecule has 0 spiro atoms. The summed E-state index contributed by atoms with van der Waals surface area (Å²) in [5.41, 5.74) is 7.62. The van der Waals surface area contributed by atoms with Gasteiger partial charge in [0.25, 0.3) is 0 Å². The van der Waals surface area contributed by atoms with Crippen LogP contribution in [0.2, 0.25) is 0 Å². The second-order valence-corrected chi connectivity index (χ2v) is 7.50. The fourth-order valence-electron chi connectivity index (χ4n) is 2.66. The minimum absolute atomic E-state index is 0.0467. The van der Waals surface area contributed by atoms with Gasteiger partial charge in [0.15, 0.2) is 5.75 Å². The lowest BCUT2D eigenvalue weighted by Gasteiger charge is -2.31. The van der Waals surface area contributed by atoms with Gasteiger partial charge < -0.3 is 15.4 Å². The molecule has 0 bridgehead atoms. The summed E-state index contributed by atoms with van der Waals surface area (Å²) < 4.78 is 7.57. The second kappa shape index (κ2) is 6.37. The summed E-state index contributed by atoms with van der Waals surface area (Å²) in [6.07, 6.45) is 4.18. The summed E-state index contributed by atoms with van der Waals surface area (Å²) in [5, 5.41) is 4.46. The van der Waals surface area contributed by atoms with Crippen LogP contribution in [-0.4, -0.2) is 52.9 Å². The molecule has 114 valence electrons. The average Bonchev–Trinajstić information content (AvgIpc) is 3.02. The minimum Gasteiger partial charge on any atom is -0.493 e. The third-order valence-corrected chi connectivity index (χ3v) is 5.64. The van der Waals surface area contributed by atoms with E-state index < -0.39 is 0 Å². The van der Waals surface area contributed by atoms with Crippen LogP contribution in [0.4, 0.5) is 0 Å². The van der Waals surface area contributed by atoms with Crippen LogP contribution in [-0.2, 0) is 6.54 Å². The van der Waals surface area contributed by atoms with Crippen LogP contribution in [0.3, 0.4) is 0 Å². The standard InChI is InChI=1S/C14H26N4OS/c1-14(6-5-9-20-14)13(15)12-11(19-4)10-16-18(12)8-7-17(2)3/h10,13H,5-9,15H2,1-4H3. The van der Waals surface area contributed by atoms with Crippen molar-refractivity contribution in [1.82, 2.24) is 14.7 Å². The molecule has 1 aromatic heterocycles. The molecule has 2 rings (SSSR count). The van der Waals surface area contributed by atoms with Gasteiger partial charge in [-0.2, -0.15) is 16.9 Å². The number of nitrogens with two attached hydrogens (primary N) is 1. The van der Waals surface area contributed by atoms with Gasteiger partial charge in [-0.1, -0.05) is 0 Å². The second-order valence-electron chi connectivity index (χ2n) is 5.87. The van der Waals surface area contributed by atoms with Gasteiger partial charge in [-0.05, 0) is 39.6 Å². The van der Waals surface area contributed by atoms with Crippen molar-refractivity contribution in [2.24, 2.45) is 5.73 Å². The highest BCUT2D eigenvalue weighted by molar-refractivity contribution is 8.00. The highest BCUT2D eigenvalue weighted by atomic mass is 32.2. The fourth-order valence-corrected chi connectivity index (χ4v) is 3.99. The predicted molar refractivity (Wildman–Crippen MR) is 84.4 cm³/mol. The van der Waals surface area contributed by atoms with Crippen molar-refractivity contribution in [2.45, 2.75) is 37.1 Å². The van der Waals surface area contributed by atoms with Crippen LogP contribution in [0.25, 0.3) is 0 Å². The lowest BCUT2D eigenvalue weighted by atomic mass is 9.94. The monoisotopic (exact) mass is 298 g/mol. The number of hydrogen-bond donors (Lipinski definition) is 1. The van der Waals surface area contributed by atoms with Gasteiger partial charge in [-0.15, -0.1) is 0 Å². The van der Waals surface area contributed by atoms with Gasteiger partial charge in [0.1, 0.15) is 0 Å². The lowest BCUT2D eigenvalue weighted by molar-refractivity contribution is 0.352. The van der Waals surface area contributed by atoms with Crippen molar-refractivity contribution < 1.29 is 4.74 Å². The number of ether oxygens (including phenoxy) is 1. The van der Waals surface area contributed by atoms with Gasteiger partial charge >= 0.3 is 0 Å². The normalized spacial score (nSPS) is 24.3. The summed E-state index contributed by atoms with van der Waals surface area (Å²) in [4.78, 5) is 2.15. The molecule has 1 aromatic rings. The SMILES string of the molecule is COc1cnn(CCN(C)C)c1C(N)C1(C)CCCS1. The third kappa shape index (κ3) is 3.13. The van der Waals surface area contributed by atoms with E-state index in [2.05, 4.69) is 31.0 Å². The smallest absolute Gasteiger partial charge is 0.161 e. The molecule has 2 atom stereocenters. The number of likely N-dealkylation sites (N-methyl/N-ethyl adjacent to an activating group) is 1. The zero-order chi connectivity index (χ0) is 14.8. The van der Waals surface area contributed by atoms with Crippen LogP contribution in [0.15, 0.2) is 6.20 Å². The Morgan fingerprint density at radius 1 is 1.60 bits per heavy atom. The Balaban J connectivity index is 2.25. The number of rotatable bonds is 6. The molecule has 5 nitrogen and oxygen atoms in total. The van der Waals surface area contributed by atoms with Gasteiger partial charge in [0.05, 0.1) is 31.6 Å². The number of aromatic nitrogens is 2. The van der Waals surface area contributed by atoms with E-state index in [4.69, 9.17) is 10.5 Å². The van der Waals surface area contributed by atoms with Crippen molar-refractivity contribution >= 4 is 11.8 Å². The van der Waals surface area contributed by atoms with Gasteiger partial charge in [0.2, 0.25) is 0 Å². The van der Waals surface area contributed by atoms with Crippen LogP contribution < -0.4 is 10.5 Å². The van der Waals surface area contributed by atoms with Crippen LogP contribution >= 0.6 is 11.8 Å². The lowest BCUT2D eigenvalue weighted by Crippen LogP contribution is -2.35. The Labute approximate surface area is 125 Å². The first-order valence-corrected chi connectivity index (χ1v) is 8.10. The Kier molecular flexibility index (Phi) is 4.99. The molecular weight excluding hydrogens is 272 g/mol. The molecule has 1 fully saturated rings. The van der Waals surface area contributed by atoms with Crippen molar-refractivity contribution in [3.8, 4) is 5.75 Å². The first kappa shape index (κ1) is 15.7. The number of methoxy groups -OCH3 is 1. The summed E-state index contributed by atoms with van der Waals surface area (Å²) in [7, 11) is 5.82. The molecule has 1 saturated heterocycles. The minimum atomic E-state index is -0.0467. The van der Waals surface area contributed by atoms with Gasteiger partial charge in [-0.3, -0.25) is 4.68 Å². The van der Waals surface area contributed by atoms with Crippen molar-refractivity contribution in [3.63, 3.8) is 0 Å². The highest BCUT2D eigenvalue weighted by Crippen LogP contribution is 2.47. The molecule has 0 saturated carbocycles. The summed E-state index contributed by atoms with van der Waals surface area (Å²) in [5.74, 6) is 2.00. The molecule has 6 heteroatoms. The van der Waals surface area contributed by atoms with Crippen molar-refractivity contribution in [3.05, 3.63) is 11.9 Å². The van der Waals surface area contributed by atoms with Gasteiger partial charge in [-0.25, -0.2) is 0 Å². The highest BCUT2D eigenvalue weighted by Gasteiger charge is 2.39. The van der Waals surface area contributed by atoms with Gasteiger partial charge in [0, 0.05) is 11.3 Å². The Morgan fingerprint density at radius 2 is 2.35 bits per heavy atom. The van der Waals surface area contributed by atoms with Crippen LogP contribution in [0.1, 0.15) is 31.5 Å². The maximum Gasteiger partial charge on any atom is 0.161 e. The number of hydrogen-bond acceptors (Lipinski definition) is 5. The first-order valence-electron chi connectivity index (χ1n) is 7.12. The number of nitrogens with zero attached hydrogens (tertiary/aromatic N) is 3. The molecule has 2 N–H and O–H groups in total. The molecule has 0 amide bonds. The van der Waals surface area contributed by atoms with E-state index in [0.29, 0.717) is 0 Å².